The number of nitrogens with zero attached hydrogens (tertiary/aromatic N) is 5. The third kappa shape index (κ3) is 2.66. The van der Waals surface area contributed by atoms with Crippen LogP contribution in [0.4, 0.5) is 5.82 Å². The molecule has 0 amide bonds. The minimum atomic E-state index is 0.538. The zero-order chi connectivity index (χ0) is 15.6. The van der Waals surface area contributed by atoms with Gasteiger partial charge < -0.3 is 5.32 Å². The Morgan fingerprint density at radius 1 is 1.17 bits per heavy atom. The van der Waals surface area contributed by atoms with Crippen molar-refractivity contribution in [2.45, 2.75) is 13.5 Å². The Balaban J connectivity index is 1.61. The van der Waals surface area contributed by atoms with Crippen LogP contribution in [0.5, 0.6) is 0 Å². The highest BCUT2D eigenvalue weighted by Gasteiger charge is 2.09. The molecule has 0 unspecified atom stereocenters. The average molecular weight is 322 g/mol. The highest BCUT2D eigenvalue weighted by atomic mass is 32.1. The van der Waals surface area contributed by atoms with E-state index in [4.69, 9.17) is 0 Å². The Hall–Kier alpha value is -2.80. The second kappa shape index (κ2) is 5.77. The molecule has 6 nitrogen and oxygen atoms in total. The number of anilines is 1. The van der Waals surface area contributed by atoms with Gasteiger partial charge in [0.1, 0.15) is 23.3 Å². The molecule has 1 N–H and O–H groups in total. The maximum atomic E-state index is 4.35. The summed E-state index contributed by atoms with van der Waals surface area (Å²) in [4.78, 5) is 10.9. The molecular formula is C16H14N6S. The van der Waals surface area contributed by atoms with Crippen molar-refractivity contribution in [2.24, 2.45) is 0 Å². The van der Waals surface area contributed by atoms with Crippen molar-refractivity contribution in [3.8, 4) is 5.69 Å². The smallest absolute Gasteiger partial charge is 0.156 e. The molecule has 0 saturated heterocycles. The van der Waals surface area contributed by atoms with Crippen LogP contribution in [0.1, 0.15) is 10.7 Å². The second-order valence-corrected chi connectivity index (χ2v) is 6.34. The van der Waals surface area contributed by atoms with Crippen LogP contribution < -0.4 is 5.32 Å². The molecule has 1 aromatic carbocycles. The summed E-state index contributed by atoms with van der Waals surface area (Å²) in [5.41, 5.74) is 1.04. The summed E-state index contributed by atoms with van der Waals surface area (Å²) < 4.78 is 1.96. The highest BCUT2D eigenvalue weighted by Crippen LogP contribution is 2.27. The zero-order valence-electron chi connectivity index (χ0n) is 12.5. The Labute approximate surface area is 136 Å². The van der Waals surface area contributed by atoms with Crippen LogP contribution in [0.3, 0.4) is 0 Å². The largest absolute Gasteiger partial charge is 0.362 e. The predicted octanol–water partition coefficient (Wildman–Crippen LogP) is 3.19. The predicted molar refractivity (Wildman–Crippen MR) is 90.8 cm³/mol. The number of thiophene rings is 1. The summed E-state index contributed by atoms with van der Waals surface area (Å²) in [6.45, 7) is 2.61. The molecule has 114 valence electrons. The van der Waals surface area contributed by atoms with E-state index in [1.807, 2.05) is 34.9 Å². The highest BCUT2D eigenvalue weighted by molar-refractivity contribution is 7.18. The molecule has 23 heavy (non-hydrogen) atoms. The van der Waals surface area contributed by atoms with Crippen molar-refractivity contribution in [1.29, 1.82) is 0 Å². The van der Waals surface area contributed by atoms with Crippen LogP contribution >= 0.6 is 11.3 Å². The summed E-state index contributed by atoms with van der Waals surface area (Å²) >= 11 is 1.67. The summed E-state index contributed by atoms with van der Waals surface area (Å²) in [7, 11) is 0. The van der Waals surface area contributed by atoms with Gasteiger partial charge in [0.25, 0.3) is 0 Å². The van der Waals surface area contributed by atoms with Crippen LogP contribution in [0.25, 0.3) is 15.9 Å². The molecule has 0 spiro atoms. The summed E-state index contributed by atoms with van der Waals surface area (Å²) in [5, 5.41) is 12.6. The van der Waals surface area contributed by atoms with E-state index in [1.165, 1.54) is 4.88 Å². The van der Waals surface area contributed by atoms with Crippen molar-refractivity contribution < 1.29 is 0 Å². The Kier molecular flexibility index (Phi) is 3.47. The minimum Gasteiger partial charge on any atom is -0.362 e. The lowest BCUT2D eigenvalue weighted by atomic mass is 10.3. The molecule has 0 radical (unpaired) electrons. The fraction of sp³-hybridized carbons (Fsp3) is 0.125. The first-order valence-electron chi connectivity index (χ1n) is 7.20. The van der Waals surface area contributed by atoms with Gasteiger partial charge in [0.2, 0.25) is 0 Å². The summed E-state index contributed by atoms with van der Waals surface area (Å²) in [5.74, 6) is 1.65. The van der Waals surface area contributed by atoms with Gasteiger partial charge in [-0.3, -0.25) is 4.57 Å². The Bertz CT molecular complexity index is 944. The van der Waals surface area contributed by atoms with Crippen LogP contribution in [0.2, 0.25) is 0 Å². The van der Waals surface area contributed by atoms with E-state index in [-0.39, 0.29) is 0 Å². The lowest BCUT2D eigenvalue weighted by Crippen LogP contribution is -2.08. The van der Waals surface area contributed by atoms with Crippen LogP contribution in [0.15, 0.2) is 49.1 Å². The van der Waals surface area contributed by atoms with Gasteiger partial charge in [-0.1, -0.05) is 18.2 Å². The van der Waals surface area contributed by atoms with Gasteiger partial charge in [-0.05, 0) is 25.1 Å². The van der Waals surface area contributed by atoms with E-state index >= 15 is 0 Å². The van der Waals surface area contributed by atoms with Crippen LogP contribution in [-0.4, -0.2) is 24.7 Å². The molecule has 4 aromatic rings. The van der Waals surface area contributed by atoms with Gasteiger partial charge in [0, 0.05) is 10.6 Å². The standard InChI is InChI=1S/C16H14N6S/c1-11-7-13-15(18-9-19-16(13)23-11)17-8-14-21-20-10-22(14)12-5-3-2-4-6-12/h2-7,9-10H,8H2,1H3,(H,17,18,19). The van der Waals surface area contributed by atoms with Crippen molar-refractivity contribution in [3.63, 3.8) is 0 Å². The number of aromatic nitrogens is 5. The molecule has 0 aliphatic rings. The van der Waals surface area contributed by atoms with E-state index in [9.17, 15) is 0 Å². The fourth-order valence-corrected chi connectivity index (χ4v) is 3.31. The topological polar surface area (TPSA) is 68.5 Å². The van der Waals surface area contributed by atoms with Gasteiger partial charge in [0.05, 0.1) is 11.9 Å². The zero-order valence-corrected chi connectivity index (χ0v) is 13.3. The number of rotatable bonds is 4. The van der Waals surface area contributed by atoms with E-state index < -0.39 is 0 Å². The number of fused-ring (bicyclic) bond motifs is 1. The molecule has 0 bridgehead atoms. The number of aryl methyl sites for hydroxylation is 1. The molecule has 0 aliphatic carbocycles. The van der Waals surface area contributed by atoms with Crippen molar-refractivity contribution in [1.82, 2.24) is 24.7 Å². The first-order chi connectivity index (χ1) is 11.3. The first-order valence-corrected chi connectivity index (χ1v) is 8.02. The van der Waals surface area contributed by atoms with E-state index in [0.717, 1.165) is 27.5 Å². The lowest BCUT2D eigenvalue weighted by molar-refractivity contribution is 0.887. The van der Waals surface area contributed by atoms with Gasteiger partial charge in [0.15, 0.2) is 5.82 Å². The van der Waals surface area contributed by atoms with Crippen molar-refractivity contribution >= 4 is 27.4 Å². The SMILES string of the molecule is Cc1cc2c(NCc3nncn3-c3ccccc3)ncnc2s1. The Morgan fingerprint density at radius 3 is 2.91 bits per heavy atom. The maximum Gasteiger partial charge on any atom is 0.156 e. The number of hydrogen-bond acceptors (Lipinski definition) is 6. The van der Waals surface area contributed by atoms with Gasteiger partial charge in [-0.25, -0.2) is 9.97 Å². The first kappa shape index (κ1) is 13.8. The summed E-state index contributed by atoms with van der Waals surface area (Å²) in [6, 6.07) is 12.1. The second-order valence-electron chi connectivity index (χ2n) is 5.10. The monoisotopic (exact) mass is 322 g/mol. The van der Waals surface area contributed by atoms with Crippen molar-refractivity contribution in [3.05, 3.63) is 59.8 Å². The van der Waals surface area contributed by atoms with Gasteiger partial charge in [-0.2, -0.15) is 0 Å². The molecule has 4 rings (SSSR count). The third-order valence-electron chi connectivity index (χ3n) is 3.52. The quantitative estimate of drug-likeness (QED) is 0.625. The molecule has 0 atom stereocenters. The molecular weight excluding hydrogens is 308 g/mol. The molecule has 7 heteroatoms. The number of hydrogen-bond donors (Lipinski definition) is 1. The normalized spacial score (nSPS) is 11.0. The lowest BCUT2D eigenvalue weighted by Gasteiger charge is -2.08. The average Bonchev–Trinajstić information content (AvgIpc) is 3.19. The van der Waals surface area contributed by atoms with E-state index in [1.54, 1.807) is 24.0 Å². The third-order valence-corrected chi connectivity index (χ3v) is 4.48. The molecule has 0 aliphatic heterocycles. The van der Waals surface area contributed by atoms with E-state index in [0.29, 0.717) is 6.54 Å². The summed E-state index contributed by atoms with van der Waals surface area (Å²) in [6.07, 6.45) is 3.30. The van der Waals surface area contributed by atoms with E-state index in [2.05, 4.69) is 38.5 Å². The number of benzene rings is 1. The number of para-hydroxylation sites is 1. The van der Waals surface area contributed by atoms with Gasteiger partial charge >= 0.3 is 0 Å². The minimum absolute atomic E-state index is 0.538. The number of nitrogens with one attached hydrogen (secondary N) is 1. The maximum absolute atomic E-state index is 4.35. The molecule has 0 fully saturated rings. The fourth-order valence-electron chi connectivity index (χ4n) is 2.46. The van der Waals surface area contributed by atoms with Gasteiger partial charge in [-0.15, -0.1) is 21.5 Å². The molecule has 0 saturated carbocycles. The molecule has 3 aromatic heterocycles. The van der Waals surface area contributed by atoms with Crippen LogP contribution in [0, 0.1) is 6.92 Å². The Morgan fingerprint density at radius 2 is 2.04 bits per heavy atom. The molecule has 3 heterocycles. The van der Waals surface area contributed by atoms with Crippen LogP contribution in [-0.2, 0) is 6.54 Å². The van der Waals surface area contributed by atoms with Crippen molar-refractivity contribution in [2.75, 3.05) is 5.32 Å².